The maximum atomic E-state index is 5.47. The van der Waals surface area contributed by atoms with E-state index in [1.54, 1.807) is 21.3 Å². The predicted molar refractivity (Wildman–Crippen MR) is 140 cm³/mol. The Kier molecular flexibility index (Phi) is 10.9. The molecule has 0 saturated carbocycles. The number of hydrogen-bond donors (Lipinski definition) is 2. The lowest BCUT2D eigenvalue weighted by Gasteiger charge is -2.29. The summed E-state index contributed by atoms with van der Waals surface area (Å²) in [7, 11) is 5.04. The third kappa shape index (κ3) is 7.16. The molecule has 1 aliphatic rings. The van der Waals surface area contributed by atoms with E-state index in [-0.39, 0.29) is 24.0 Å². The first-order valence-electron chi connectivity index (χ1n) is 10.8. The highest BCUT2D eigenvalue weighted by Gasteiger charge is 2.19. The summed E-state index contributed by atoms with van der Waals surface area (Å²) in [5.41, 5.74) is 3.80. The van der Waals surface area contributed by atoms with Crippen LogP contribution in [0.25, 0.3) is 0 Å². The maximum Gasteiger partial charge on any atom is 0.191 e. The maximum absolute atomic E-state index is 5.47. The van der Waals surface area contributed by atoms with Gasteiger partial charge in [-0.25, -0.2) is 4.99 Å². The highest BCUT2D eigenvalue weighted by Crippen LogP contribution is 2.33. The summed E-state index contributed by atoms with van der Waals surface area (Å²) in [6.45, 7) is 7.25. The summed E-state index contributed by atoms with van der Waals surface area (Å²) in [6.07, 6.45) is 1.02. The molecule has 176 valence electrons. The van der Waals surface area contributed by atoms with E-state index in [0.717, 1.165) is 67.9 Å². The van der Waals surface area contributed by atoms with Gasteiger partial charge in [-0.2, -0.15) is 0 Å². The van der Waals surface area contributed by atoms with Crippen molar-refractivity contribution >= 4 is 29.9 Å². The molecular weight excluding hydrogens is 519 g/mol. The molecule has 0 atom stereocenters. The van der Waals surface area contributed by atoms with E-state index in [4.69, 9.17) is 19.2 Å². The van der Waals surface area contributed by atoms with Gasteiger partial charge in [0.15, 0.2) is 17.5 Å². The molecule has 0 amide bonds. The second kappa shape index (κ2) is 13.4. The van der Waals surface area contributed by atoms with Crippen LogP contribution < -0.4 is 24.8 Å². The fourth-order valence-electron chi connectivity index (χ4n) is 3.71. The highest BCUT2D eigenvalue weighted by molar-refractivity contribution is 14.0. The van der Waals surface area contributed by atoms with E-state index in [9.17, 15) is 0 Å². The molecule has 2 aromatic rings. The molecule has 1 aliphatic heterocycles. The van der Waals surface area contributed by atoms with Crippen molar-refractivity contribution in [3.63, 3.8) is 0 Å². The molecule has 0 unspecified atom stereocenters. The smallest absolute Gasteiger partial charge is 0.191 e. The fourth-order valence-corrected chi connectivity index (χ4v) is 3.71. The average molecular weight is 554 g/mol. The monoisotopic (exact) mass is 554 g/mol. The van der Waals surface area contributed by atoms with Crippen LogP contribution in [0.2, 0.25) is 0 Å². The van der Waals surface area contributed by atoms with Crippen LogP contribution in [0.1, 0.15) is 23.6 Å². The van der Waals surface area contributed by atoms with Crippen molar-refractivity contribution in [3.05, 3.63) is 53.1 Å². The van der Waals surface area contributed by atoms with Gasteiger partial charge in [-0.3, -0.25) is 4.90 Å². The number of fused-ring (bicyclic) bond motifs is 1. The SMILES string of the molecule is CCNC(=NCc1ccc(OC)cc1)NCCN1CCc2cc(OC)c(OC)cc2C1.I. The third-order valence-electron chi connectivity index (χ3n) is 5.44. The van der Waals surface area contributed by atoms with Gasteiger partial charge in [0.05, 0.1) is 27.9 Å². The molecule has 3 rings (SSSR count). The van der Waals surface area contributed by atoms with E-state index >= 15 is 0 Å². The standard InChI is InChI=1S/C24H34N4O3.HI/c1-5-25-24(27-16-18-6-8-21(29-2)9-7-18)26-11-13-28-12-10-19-14-22(30-3)23(31-4)15-20(19)17-28;/h6-9,14-15H,5,10-13,16-17H2,1-4H3,(H2,25,26,27);1H. The van der Waals surface area contributed by atoms with Crippen LogP contribution in [-0.2, 0) is 19.5 Å². The van der Waals surface area contributed by atoms with Gasteiger partial charge >= 0.3 is 0 Å². The summed E-state index contributed by atoms with van der Waals surface area (Å²) in [5, 5.41) is 6.78. The van der Waals surface area contributed by atoms with Crippen molar-refractivity contribution in [3.8, 4) is 17.2 Å². The van der Waals surface area contributed by atoms with Crippen LogP contribution in [0.3, 0.4) is 0 Å². The topological polar surface area (TPSA) is 67.4 Å². The molecule has 2 aromatic carbocycles. The van der Waals surface area contributed by atoms with Gasteiger partial charge in [0.1, 0.15) is 5.75 Å². The van der Waals surface area contributed by atoms with Crippen LogP contribution >= 0.6 is 24.0 Å². The highest BCUT2D eigenvalue weighted by atomic mass is 127. The lowest BCUT2D eigenvalue weighted by atomic mass is 9.99. The number of hydrogen-bond acceptors (Lipinski definition) is 5. The minimum absolute atomic E-state index is 0. The van der Waals surface area contributed by atoms with Gasteiger partial charge in [-0.15, -0.1) is 24.0 Å². The summed E-state index contributed by atoms with van der Waals surface area (Å²) in [4.78, 5) is 7.16. The zero-order chi connectivity index (χ0) is 22.1. The number of aliphatic imine (C=N–C) groups is 1. The van der Waals surface area contributed by atoms with E-state index in [1.165, 1.54) is 11.1 Å². The lowest BCUT2D eigenvalue weighted by Crippen LogP contribution is -2.42. The van der Waals surface area contributed by atoms with E-state index < -0.39 is 0 Å². The molecular formula is C24H35IN4O3. The Morgan fingerprint density at radius 1 is 0.969 bits per heavy atom. The first-order valence-corrected chi connectivity index (χ1v) is 10.8. The molecule has 0 aliphatic carbocycles. The molecule has 0 aromatic heterocycles. The molecule has 0 radical (unpaired) electrons. The molecule has 2 N–H and O–H groups in total. The fraction of sp³-hybridized carbons (Fsp3) is 0.458. The number of halogens is 1. The normalized spacial score (nSPS) is 13.6. The molecule has 1 heterocycles. The minimum atomic E-state index is 0. The van der Waals surface area contributed by atoms with Crippen LogP contribution in [0.5, 0.6) is 17.2 Å². The van der Waals surface area contributed by atoms with Gasteiger partial charge in [-0.1, -0.05) is 12.1 Å². The molecule has 0 bridgehead atoms. The van der Waals surface area contributed by atoms with Crippen molar-refractivity contribution in [2.24, 2.45) is 4.99 Å². The molecule has 8 heteroatoms. The van der Waals surface area contributed by atoms with Crippen molar-refractivity contribution < 1.29 is 14.2 Å². The lowest BCUT2D eigenvalue weighted by molar-refractivity contribution is 0.256. The Morgan fingerprint density at radius 3 is 2.28 bits per heavy atom. The Labute approximate surface area is 208 Å². The largest absolute Gasteiger partial charge is 0.497 e. The van der Waals surface area contributed by atoms with E-state index in [1.807, 2.05) is 24.3 Å². The van der Waals surface area contributed by atoms with Gasteiger partial charge in [0.25, 0.3) is 0 Å². The van der Waals surface area contributed by atoms with Gasteiger partial charge in [-0.05, 0) is 54.3 Å². The van der Waals surface area contributed by atoms with Crippen LogP contribution in [0.4, 0.5) is 0 Å². The average Bonchev–Trinajstić information content (AvgIpc) is 2.81. The van der Waals surface area contributed by atoms with Crippen LogP contribution in [0, 0.1) is 0 Å². The van der Waals surface area contributed by atoms with Crippen molar-refractivity contribution in [2.75, 3.05) is 47.5 Å². The van der Waals surface area contributed by atoms with E-state index in [2.05, 4.69) is 34.6 Å². The first kappa shape index (κ1) is 26.1. The zero-order valence-electron chi connectivity index (χ0n) is 19.4. The number of ether oxygens (including phenoxy) is 3. The van der Waals surface area contributed by atoms with Gasteiger partial charge in [0.2, 0.25) is 0 Å². The number of guanidine groups is 1. The van der Waals surface area contributed by atoms with Gasteiger partial charge in [0, 0.05) is 32.7 Å². The second-order valence-corrected chi connectivity index (χ2v) is 7.47. The molecule has 0 spiro atoms. The summed E-state index contributed by atoms with van der Waals surface area (Å²) in [5.74, 6) is 3.29. The molecule has 7 nitrogen and oxygen atoms in total. The molecule has 0 saturated heterocycles. The quantitative estimate of drug-likeness (QED) is 0.281. The molecule has 0 fully saturated rings. The predicted octanol–water partition coefficient (Wildman–Crippen LogP) is 3.44. The van der Waals surface area contributed by atoms with Crippen molar-refractivity contribution in [1.82, 2.24) is 15.5 Å². The van der Waals surface area contributed by atoms with E-state index in [0.29, 0.717) is 6.54 Å². The second-order valence-electron chi connectivity index (χ2n) is 7.47. The van der Waals surface area contributed by atoms with Crippen molar-refractivity contribution in [2.45, 2.75) is 26.4 Å². The third-order valence-corrected chi connectivity index (χ3v) is 5.44. The summed E-state index contributed by atoms with van der Waals surface area (Å²) < 4.78 is 16.1. The first-order chi connectivity index (χ1) is 15.2. The Balaban J connectivity index is 0.00000363. The summed E-state index contributed by atoms with van der Waals surface area (Å²) in [6, 6.07) is 12.2. The Hall–Kier alpha value is -2.20. The Morgan fingerprint density at radius 2 is 1.66 bits per heavy atom. The van der Waals surface area contributed by atoms with Crippen molar-refractivity contribution in [1.29, 1.82) is 0 Å². The van der Waals surface area contributed by atoms with Gasteiger partial charge < -0.3 is 24.8 Å². The van der Waals surface area contributed by atoms with Crippen LogP contribution in [-0.4, -0.2) is 58.4 Å². The van der Waals surface area contributed by atoms with Crippen LogP contribution in [0.15, 0.2) is 41.4 Å². The number of nitrogens with zero attached hydrogens (tertiary/aromatic N) is 2. The number of rotatable bonds is 9. The molecule has 32 heavy (non-hydrogen) atoms. The zero-order valence-corrected chi connectivity index (χ0v) is 21.8. The Bertz CT molecular complexity index is 874. The number of nitrogens with one attached hydrogen (secondary N) is 2. The minimum Gasteiger partial charge on any atom is -0.497 e. The summed E-state index contributed by atoms with van der Waals surface area (Å²) >= 11 is 0. The number of methoxy groups -OCH3 is 3. The number of benzene rings is 2.